The fourth-order valence-corrected chi connectivity index (χ4v) is 3.48. The Morgan fingerprint density at radius 1 is 1.05 bits per heavy atom. The number of fused-ring (bicyclic) bond motifs is 1. The average molecular weight is 295 g/mol. The third-order valence-corrected chi connectivity index (χ3v) is 4.83. The minimum absolute atomic E-state index is 0.681. The molecule has 0 unspecified atom stereocenters. The van der Waals surface area contributed by atoms with E-state index in [-0.39, 0.29) is 0 Å². The maximum Gasteiger partial charge on any atom is 0.136 e. The zero-order valence-corrected chi connectivity index (χ0v) is 13.4. The SMILES string of the molecule is Cc1cc2c(NC3CC3)cccc2c(N2CCCCCC2)n1. The lowest BCUT2D eigenvalue weighted by Crippen LogP contribution is -2.25. The van der Waals surface area contributed by atoms with Gasteiger partial charge in [-0.3, -0.25) is 0 Å². The summed E-state index contributed by atoms with van der Waals surface area (Å²) in [7, 11) is 0. The van der Waals surface area contributed by atoms with E-state index in [2.05, 4.69) is 41.4 Å². The van der Waals surface area contributed by atoms with Gasteiger partial charge in [-0.15, -0.1) is 0 Å². The Labute approximate surface area is 132 Å². The maximum atomic E-state index is 4.90. The lowest BCUT2D eigenvalue weighted by atomic mass is 10.1. The molecule has 3 nitrogen and oxygen atoms in total. The first-order valence-corrected chi connectivity index (χ1v) is 8.73. The van der Waals surface area contributed by atoms with Crippen molar-refractivity contribution in [2.24, 2.45) is 0 Å². The van der Waals surface area contributed by atoms with E-state index >= 15 is 0 Å². The molecule has 0 atom stereocenters. The molecule has 2 aromatic rings. The number of hydrogen-bond acceptors (Lipinski definition) is 3. The summed E-state index contributed by atoms with van der Waals surface area (Å²) >= 11 is 0. The molecule has 1 N–H and O–H groups in total. The minimum atomic E-state index is 0.681. The van der Waals surface area contributed by atoms with E-state index < -0.39 is 0 Å². The van der Waals surface area contributed by atoms with Crippen molar-refractivity contribution in [3.8, 4) is 0 Å². The van der Waals surface area contributed by atoms with Crippen molar-refractivity contribution in [3.63, 3.8) is 0 Å². The minimum Gasteiger partial charge on any atom is -0.382 e. The third-order valence-electron chi connectivity index (χ3n) is 4.83. The van der Waals surface area contributed by atoms with Gasteiger partial charge in [-0.05, 0) is 44.7 Å². The van der Waals surface area contributed by atoms with Crippen LogP contribution in [0.1, 0.15) is 44.2 Å². The van der Waals surface area contributed by atoms with Crippen LogP contribution in [0.25, 0.3) is 10.8 Å². The fraction of sp³-hybridized carbons (Fsp3) is 0.526. The highest BCUT2D eigenvalue weighted by Gasteiger charge is 2.22. The Morgan fingerprint density at radius 2 is 1.82 bits per heavy atom. The van der Waals surface area contributed by atoms with Crippen LogP contribution >= 0.6 is 0 Å². The summed E-state index contributed by atoms with van der Waals surface area (Å²) in [6.45, 7) is 4.41. The molecule has 3 heteroatoms. The first kappa shape index (κ1) is 13.9. The molecule has 1 saturated carbocycles. The van der Waals surface area contributed by atoms with Crippen LogP contribution < -0.4 is 10.2 Å². The van der Waals surface area contributed by atoms with Crippen molar-refractivity contribution in [1.29, 1.82) is 0 Å². The Morgan fingerprint density at radius 3 is 2.55 bits per heavy atom. The number of benzene rings is 1. The summed E-state index contributed by atoms with van der Waals surface area (Å²) < 4.78 is 0. The van der Waals surface area contributed by atoms with E-state index in [1.165, 1.54) is 60.8 Å². The standard InChI is InChI=1S/C19H25N3/c1-14-13-17-16(7-6-8-18(17)21-15-9-10-15)19(20-14)22-11-4-2-3-5-12-22/h6-8,13,15,21H,2-5,9-12H2,1H3. The molecule has 2 aliphatic rings. The summed E-state index contributed by atoms with van der Waals surface area (Å²) in [5.41, 5.74) is 2.40. The number of nitrogens with one attached hydrogen (secondary N) is 1. The van der Waals surface area contributed by atoms with Crippen molar-refractivity contribution in [2.75, 3.05) is 23.3 Å². The lowest BCUT2D eigenvalue weighted by molar-refractivity contribution is 0.726. The molecule has 1 aromatic heterocycles. The Bertz CT molecular complexity index is 668. The topological polar surface area (TPSA) is 28.2 Å². The van der Waals surface area contributed by atoms with Gasteiger partial charge in [0.05, 0.1) is 0 Å². The van der Waals surface area contributed by atoms with Crippen LogP contribution in [0.2, 0.25) is 0 Å². The lowest BCUT2D eigenvalue weighted by Gasteiger charge is -2.24. The molecule has 2 heterocycles. The van der Waals surface area contributed by atoms with E-state index in [4.69, 9.17) is 4.98 Å². The Hall–Kier alpha value is -1.77. The first-order valence-electron chi connectivity index (χ1n) is 8.73. The quantitative estimate of drug-likeness (QED) is 0.903. The highest BCUT2D eigenvalue weighted by Crippen LogP contribution is 2.34. The second-order valence-electron chi connectivity index (χ2n) is 6.81. The van der Waals surface area contributed by atoms with Gasteiger partial charge in [0.15, 0.2) is 0 Å². The number of aromatic nitrogens is 1. The van der Waals surface area contributed by atoms with Gasteiger partial charge >= 0.3 is 0 Å². The second kappa shape index (κ2) is 5.79. The summed E-state index contributed by atoms with van der Waals surface area (Å²) in [5.74, 6) is 1.19. The molecule has 1 aromatic carbocycles. The smallest absolute Gasteiger partial charge is 0.136 e. The number of pyridine rings is 1. The van der Waals surface area contributed by atoms with Gasteiger partial charge in [0.2, 0.25) is 0 Å². The molecule has 0 amide bonds. The van der Waals surface area contributed by atoms with Gasteiger partial charge in [0, 0.05) is 41.3 Å². The zero-order valence-electron chi connectivity index (χ0n) is 13.4. The van der Waals surface area contributed by atoms with E-state index in [0.29, 0.717) is 6.04 Å². The van der Waals surface area contributed by atoms with Crippen molar-refractivity contribution in [3.05, 3.63) is 30.0 Å². The molecule has 0 spiro atoms. The van der Waals surface area contributed by atoms with Gasteiger partial charge in [0.1, 0.15) is 5.82 Å². The summed E-state index contributed by atoms with van der Waals surface area (Å²) in [6, 6.07) is 9.54. The van der Waals surface area contributed by atoms with Crippen LogP contribution in [0.15, 0.2) is 24.3 Å². The average Bonchev–Trinajstić information content (AvgIpc) is 3.33. The van der Waals surface area contributed by atoms with Crippen LogP contribution in [0.4, 0.5) is 11.5 Å². The molecule has 1 aliphatic carbocycles. The molecule has 116 valence electrons. The molecule has 22 heavy (non-hydrogen) atoms. The third kappa shape index (κ3) is 2.77. The summed E-state index contributed by atoms with van der Waals surface area (Å²) in [4.78, 5) is 7.40. The van der Waals surface area contributed by atoms with Crippen molar-refractivity contribution in [1.82, 2.24) is 4.98 Å². The molecular formula is C19H25N3. The van der Waals surface area contributed by atoms with E-state index in [1.54, 1.807) is 0 Å². The number of hydrogen-bond donors (Lipinski definition) is 1. The van der Waals surface area contributed by atoms with Crippen LogP contribution in [0.5, 0.6) is 0 Å². The van der Waals surface area contributed by atoms with Gasteiger partial charge in [-0.25, -0.2) is 4.98 Å². The van der Waals surface area contributed by atoms with Crippen LogP contribution in [0, 0.1) is 6.92 Å². The van der Waals surface area contributed by atoms with Crippen LogP contribution in [-0.2, 0) is 0 Å². The van der Waals surface area contributed by atoms with Gasteiger partial charge in [-0.1, -0.05) is 25.0 Å². The molecular weight excluding hydrogens is 270 g/mol. The molecule has 4 rings (SSSR count). The largest absolute Gasteiger partial charge is 0.382 e. The highest BCUT2D eigenvalue weighted by molar-refractivity contribution is 6.00. The van der Waals surface area contributed by atoms with Gasteiger partial charge in [-0.2, -0.15) is 0 Å². The summed E-state index contributed by atoms with van der Waals surface area (Å²) in [6.07, 6.45) is 7.90. The first-order chi connectivity index (χ1) is 10.8. The van der Waals surface area contributed by atoms with Gasteiger partial charge in [0.25, 0.3) is 0 Å². The van der Waals surface area contributed by atoms with E-state index in [1.807, 2.05) is 0 Å². The van der Waals surface area contributed by atoms with Crippen LogP contribution in [-0.4, -0.2) is 24.1 Å². The molecule has 2 fully saturated rings. The van der Waals surface area contributed by atoms with Crippen molar-refractivity contribution < 1.29 is 0 Å². The van der Waals surface area contributed by atoms with Crippen LogP contribution in [0.3, 0.4) is 0 Å². The van der Waals surface area contributed by atoms with Gasteiger partial charge < -0.3 is 10.2 Å². The predicted octanol–water partition coefficient (Wildman–Crippen LogP) is 4.50. The molecule has 0 radical (unpaired) electrons. The molecule has 1 aliphatic heterocycles. The highest BCUT2D eigenvalue weighted by atomic mass is 15.2. The Kier molecular flexibility index (Phi) is 3.65. The number of aryl methyl sites for hydroxylation is 1. The second-order valence-corrected chi connectivity index (χ2v) is 6.81. The number of rotatable bonds is 3. The van der Waals surface area contributed by atoms with Crippen molar-refractivity contribution >= 4 is 22.3 Å². The normalized spacial score (nSPS) is 19.2. The summed E-state index contributed by atoms with van der Waals surface area (Å²) in [5, 5.41) is 6.32. The predicted molar refractivity (Wildman–Crippen MR) is 93.8 cm³/mol. The molecule has 0 bridgehead atoms. The zero-order chi connectivity index (χ0) is 14.9. The number of nitrogens with zero attached hydrogens (tertiary/aromatic N) is 2. The number of anilines is 2. The maximum absolute atomic E-state index is 4.90. The Balaban J connectivity index is 1.79. The van der Waals surface area contributed by atoms with Crippen molar-refractivity contribution in [2.45, 2.75) is 51.5 Å². The fourth-order valence-electron chi connectivity index (χ4n) is 3.48. The van der Waals surface area contributed by atoms with E-state index in [0.717, 1.165) is 18.8 Å². The monoisotopic (exact) mass is 295 g/mol. The molecule has 1 saturated heterocycles. The van der Waals surface area contributed by atoms with E-state index in [9.17, 15) is 0 Å².